The highest BCUT2D eigenvalue weighted by atomic mass is 79.9. The second-order valence-corrected chi connectivity index (χ2v) is 7.51. The number of hydrogen-bond donors (Lipinski definition) is 0. The average Bonchev–Trinajstić information content (AvgIpc) is 2.62. The fourth-order valence-corrected chi connectivity index (χ4v) is 3.53. The van der Waals surface area contributed by atoms with E-state index in [2.05, 4.69) is 115 Å². The van der Waals surface area contributed by atoms with Gasteiger partial charge in [0.25, 0.3) is 0 Å². The molecular weight excluding hydrogens is 384 g/mol. The zero-order valence-electron chi connectivity index (χ0n) is 15.6. The second-order valence-electron chi connectivity index (χ2n) is 6.65. The summed E-state index contributed by atoms with van der Waals surface area (Å²) in [6.45, 7) is 6.28. The van der Waals surface area contributed by atoms with Crippen LogP contribution >= 0.6 is 15.9 Å². The summed E-state index contributed by atoms with van der Waals surface area (Å²) in [4.78, 5) is 7.09. The Balaban J connectivity index is 2.10. The third kappa shape index (κ3) is 4.23. The summed E-state index contributed by atoms with van der Waals surface area (Å²) in [5.74, 6) is 0.915. The molecule has 3 rings (SSSR count). The molecule has 3 heteroatoms. The largest absolute Gasteiger partial charge is 0.328 e. The monoisotopic (exact) mass is 406 g/mol. The summed E-state index contributed by atoms with van der Waals surface area (Å²) in [6.07, 6.45) is 0. The highest BCUT2D eigenvalue weighted by Gasteiger charge is 2.14. The number of halogens is 1. The van der Waals surface area contributed by atoms with E-state index in [1.165, 1.54) is 16.7 Å². The van der Waals surface area contributed by atoms with Crippen LogP contribution in [0.3, 0.4) is 0 Å². The highest BCUT2D eigenvalue weighted by molar-refractivity contribution is 9.10. The third-order valence-corrected chi connectivity index (χ3v) is 5.00. The molecule has 0 N–H and O–H groups in total. The topological polar surface area (TPSA) is 15.6 Å². The maximum atomic E-state index is 4.96. The average molecular weight is 407 g/mol. The second kappa shape index (κ2) is 7.88. The van der Waals surface area contributed by atoms with Gasteiger partial charge in [-0.2, -0.15) is 0 Å². The molecule has 0 amide bonds. The molecule has 132 valence electrons. The Hall–Kier alpha value is -2.39. The van der Waals surface area contributed by atoms with Crippen molar-refractivity contribution in [3.8, 4) is 0 Å². The quantitative estimate of drug-likeness (QED) is 0.353. The van der Waals surface area contributed by atoms with E-state index in [9.17, 15) is 0 Å². The van der Waals surface area contributed by atoms with Gasteiger partial charge in [-0.3, -0.25) is 0 Å². The van der Waals surface area contributed by atoms with Crippen LogP contribution in [0.2, 0.25) is 0 Å². The lowest BCUT2D eigenvalue weighted by Gasteiger charge is -2.23. The van der Waals surface area contributed by atoms with Crippen molar-refractivity contribution >= 4 is 33.1 Å². The van der Waals surface area contributed by atoms with Crippen molar-refractivity contribution in [2.24, 2.45) is 4.99 Å². The van der Waals surface area contributed by atoms with Crippen LogP contribution in [0.5, 0.6) is 0 Å². The molecule has 0 saturated carbocycles. The Labute approximate surface area is 164 Å². The van der Waals surface area contributed by atoms with Crippen molar-refractivity contribution in [3.63, 3.8) is 0 Å². The van der Waals surface area contributed by atoms with E-state index in [1.54, 1.807) is 0 Å². The first-order valence-corrected chi connectivity index (χ1v) is 9.45. The molecule has 0 spiro atoms. The van der Waals surface area contributed by atoms with Crippen LogP contribution in [0.15, 0.2) is 76.2 Å². The summed E-state index contributed by atoms with van der Waals surface area (Å²) >= 11 is 3.70. The molecule has 0 bridgehead atoms. The molecule has 3 aromatic rings. The summed E-state index contributed by atoms with van der Waals surface area (Å²) in [7, 11) is 2.06. The van der Waals surface area contributed by atoms with Crippen LogP contribution in [-0.4, -0.2) is 12.9 Å². The van der Waals surface area contributed by atoms with Crippen LogP contribution in [0.1, 0.15) is 22.3 Å². The van der Waals surface area contributed by atoms with Crippen LogP contribution < -0.4 is 4.90 Å². The zero-order chi connectivity index (χ0) is 18.7. The molecule has 0 atom stereocenters. The van der Waals surface area contributed by atoms with Crippen LogP contribution in [-0.2, 0) is 0 Å². The van der Waals surface area contributed by atoms with Crippen molar-refractivity contribution in [1.29, 1.82) is 0 Å². The number of hydrogen-bond acceptors (Lipinski definition) is 1. The normalized spacial score (nSPS) is 11.5. The molecule has 0 saturated heterocycles. The number of aryl methyl sites for hydroxylation is 3. The Morgan fingerprint density at radius 3 is 1.88 bits per heavy atom. The first-order valence-electron chi connectivity index (χ1n) is 8.66. The Kier molecular flexibility index (Phi) is 5.58. The van der Waals surface area contributed by atoms with Crippen LogP contribution in [0.4, 0.5) is 11.4 Å². The Morgan fingerprint density at radius 2 is 1.31 bits per heavy atom. The van der Waals surface area contributed by atoms with Gasteiger partial charge in [-0.05, 0) is 66.5 Å². The number of amidine groups is 1. The van der Waals surface area contributed by atoms with Gasteiger partial charge in [0.05, 0.1) is 11.4 Å². The molecule has 0 heterocycles. The third-order valence-electron chi connectivity index (χ3n) is 4.36. The van der Waals surface area contributed by atoms with Crippen molar-refractivity contribution in [1.82, 2.24) is 0 Å². The summed E-state index contributed by atoms with van der Waals surface area (Å²) < 4.78 is 1.06. The van der Waals surface area contributed by atoms with Crippen molar-refractivity contribution in [3.05, 3.63) is 93.5 Å². The molecule has 0 unspecified atom stereocenters. The number of rotatable bonds is 3. The SMILES string of the molecule is Cc1ccc(N=C(c2ccc(C)cc2)N(C)c2ccc(C)cc2Br)cc1. The Bertz CT molecular complexity index is 925. The van der Waals surface area contributed by atoms with E-state index in [0.717, 1.165) is 27.2 Å². The van der Waals surface area contributed by atoms with E-state index >= 15 is 0 Å². The van der Waals surface area contributed by atoms with E-state index in [1.807, 2.05) is 0 Å². The standard InChI is InChI=1S/C23H23BrN2/c1-16-5-10-19(11-6-16)23(25-20-12-7-17(2)8-13-20)26(4)22-14-9-18(3)15-21(22)24/h5-15H,1-4H3. The number of anilines is 1. The van der Waals surface area contributed by atoms with E-state index < -0.39 is 0 Å². The molecule has 2 nitrogen and oxygen atoms in total. The van der Waals surface area contributed by atoms with E-state index in [-0.39, 0.29) is 0 Å². The molecule has 0 aromatic heterocycles. The number of aliphatic imine (C=N–C) groups is 1. The van der Waals surface area contributed by atoms with Gasteiger partial charge in [0.1, 0.15) is 5.84 Å². The van der Waals surface area contributed by atoms with Gasteiger partial charge in [0.15, 0.2) is 0 Å². The molecule has 0 radical (unpaired) electrons. The molecule has 0 aliphatic heterocycles. The molecule has 3 aromatic carbocycles. The van der Waals surface area contributed by atoms with E-state index in [4.69, 9.17) is 4.99 Å². The lowest BCUT2D eigenvalue weighted by Crippen LogP contribution is -2.27. The maximum absolute atomic E-state index is 4.96. The first kappa shape index (κ1) is 18.4. The first-order chi connectivity index (χ1) is 12.4. The maximum Gasteiger partial charge on any atom is 0.140 e. The summed E-state index contributed by atoms with van der Waals surface area (Å²) in [5.41, 5.74) is 6.81. The van der Waals surface area contributed by atoms with Gasteiger partial charge in [0.2, 0.25) is 0 Å². The molecule has 26 heavy (non-hydrogen) atoms. The zero-order valence-corrected chi connectivity index (χ0v) is 17.2. The summed E-state index contributed by atoms with van der Waals surface area (Å²) in [6, 6.07) is 23.2. The van der Waals surface area contributed by atoms with Crippen molar-refractivity contribution in [2.75, 3.05) is 11.9 Å². The molecule has 0 fully saturated rings. The molecular formula is C23H23BrN2. The van der Waals surface area contributed by atoms with Gasteiger partial charge in [-0.25, -0.2) is 4.99 Å². The van der Waals surface area contributed by atoms with Gasteiger partial charge in [0, 0.05) is 17.1 Å². The Morgan fingerprint density at radius 1 is 0.769 bits per heavy atom. The number of nitrogens with zero attached hydrogens (tertiary/aromatic N) is 2. The van der Waals surface area contributed by atoms with Gasteiger partial charge < -0.3 is 4.90 Å². The minimum atomic E-state index is 0.915. The predicted octanol–water partition coefficient (Wildman–Crippen LogP) is 6.59. The highest BCUT2D eigenvalue weighted by Crippen LogP contribution is 2.29. The fourth-order valence-electron chi connectivity index (χ4n) is 2.78. The van der Waals surface area contributed by atoms with Crippen LogP contribution in [0.25, 0.3) is 0 Å². The van der Waals surface area contributed by atoms with E-state index in [0.29, 0.717) is 0 Å². The van der Waals surface area contributed by atoms with Crippen molar-refractivity contribution < 1.29 is 0 Å². The number of benzene rings is 3. The lowest BCUT2D eigenvalue weighted by molar-refractivity contribution is 1.22. The molecule has 0 aliphatic carbocycles. The predicted molar refractivity (Wildman–Crippen MR) is 116 cm³/mol. The summed E-state index contributed by atoms with van der Waals surface area (Å²) in [5, 5.41) is 0. The molecule has 0 aliphatic rings. The van der Waals surface area contributed by atoms with Crippen LogP contribution in [0, 0.1) is 20.8 Å². The fraction of sp³-hybridized carbons (Fsp3) is 0.174. The van der Waals surface area contributed by atoms with Crippen molar-refractivity contribution in [2.45, 2.75) is 20.8 Å². The lowest BCUT2D eigenvalue weighted by atomic mass is 10.1. The minimum Gasteiger partial charge on any atom is -0.328 e. The minimum absolute atomic E-state index is 0.915. The smallest absolute Gasteiger partial charge is 0.140 e. The van der Waals surface area contributed by atoms with Gasteiger partial charge in [-0.1, -0.05) is 53.6 Å². The van der Waals surface area contributed by atoms with Gasteiger partial charge >= 0.3 is 0 Å². The van der Waals surface area contributed by atoms with Gasteiger partial charge in [-0.15, -0.1) is 0 Å².